The number of allylic oxidation sites excluding steroid dienone is 2. The lowest BCUT2D eigenvalue weighted by atomic mass is 9.52. The Morgan fingerprint density at radius 2 is 1.63 bits per heavy atom. The molecule has 0 atom stereocenters. The summed E-state index contributed by atoms with van der Waals surface area (Å²) in [5, 5.41) is 29.1. The smallest absolute Gasteiger partial charge is 0.402 e. The maximum atomic E-state index is 14.5. The number of alkyl halides is 3. The van der Waals surface area contributed by atoms with Gasteiger partial charge in [-0.3, -0.25) is 4.79 Å². The van der Waals surface area contributed by atoms with E-state index in [9.17, 15) is 28.2 Å². The largest absolute Gasteiger partial charge is 0.508 e. The fourth-order valence-electron chi connectivity index (χ4n) is 4.56. The molecule has 3 N–H and O–H groups in total. The summed E-state index contributed by atoms with van der Waals surface area (Å²) < 4.78 is 43.4. The molecule has 0 unspecified atom stereocenters. The van der Waals surface area contributed by atoms with Crippen LogP contribution in [0.4, 0.5) is 13.2 Å². The van der Waals surface area contributed by atoms with Gasteiger partial charge in [-0.25, -0.2) is 0 Å². The molecule has 27 heavy (non-hydrogen) atoms. The molecule has 2 aliphatic carbocycles. The molecule has 0 saturated heterocycles. The Morgan fingerprint density at radius 3 is 2.11 bits per heavy atom. The SMILES string of the molecule is O=C(O)[C@H]1C=C[C@@](C(F)(F)F)(C2(c3ccc(O)cc3O)CCCCC2)C=C1. The van der Waals surface area contributed by atoms with Crippen LogP contribution in [0.25, 0.3) is 0 Å². The summed E-state index contributed by atoms with van der Waals surface area (Å²) in [5.74, 6) is -2.95. The molecule has 0 bridgehead atoms. The molecular weight excluding hydrogens is 361 g/mol. The van der Waals surface area contributed by atoms with Gasteiger partial charge in [0.2, 0.25) is 0 Å². The van der Waals surface area contributed by atoms with Gasteiger partial charge in [-0.1, -0.05) is 49.6 Å². The highest BCUT2D eigenvalue weighted by atomic mass is 19.4. The number of carboxylic acid groups (broad SMARTS) is 1. The van der Waals surface area contributed by atoms with Crippen molar-refractivity contribution in [3.8, 4) is 11.5 Å². The van der Waals surface area contributed by atoms with E-state index in [0.29, 0.717) is 12.8 Å². The molecule has 0 heterocycles. The average molecular weight is 382 g/mol. The quantitative estimate of drug-likeness (QED) is 0.664. The Kier molecular flexibility index (Phi) is 4.74. The Labute approximate surface area is 154 Å². The molecule has 0 aliphatic heterocycles. The van der Waals surface area contributed by atoms with Crippen molar-refractivity contribution < 1.29 is 33.3 Å². The highest BCUT2D eigenvalue weighted by Gasteiger charge is 2.65. The summed E-state index contributed by atoms with van der Waals surface area (Å²) in [7, 11) is 0. The molecule has 1 aromatic rings. The Balaban J connectivity index is 2.24. The molecule has 0 aromatic heterocycles. The van der Waals surface area contributed by atoms with Crippen LogP contribution in [-0.2, 0) is 10.2 Å². The Hall–Kier alpha value is -2.44. The lowest BCUT2D eigenvalue weighted by Crippen LogP contribution is -2.54. The van der Waals surface area contributed by atoms with Crippen molar-refractivity contribution in [2.24, 2.45) is 11.3 Å². The van der Waals surface area contributed by atoms with E-state index in [2.05, 4.69) is 0 Å². The van der Waals surface area contributed by atoms with E-state index in [1.54, 1.807) is 0 Å². The second kappa shape index (κ2) is 6.62. The van der Waals surface area contributed by atoms with Gasteiger partial charge in [0.15, 0.2) is 0 Å². The summed E-state index contributed by atoms with van der Waals surface area (Å²) in [6.07, 6.45) is 1.64. The van der Waals surface area contributed by atoms with Crippen molar-refractivity contribution >= 4 is 5.97 Å². The second-order valence-corrected chi connectivity index (χ2v) is 7.29. The van der Waals surface area contributed by atoms with Crippen LogP contribution in [0.1, 0.15) is 37.7 Å². The zero-order chi connectivity index (χ0) is 19.9. The molecule has 3 rings (SSSR count). The van der Waals surface area contributed by atoms with Gasteiger partial charge in [-0.15, -0.1) is 0 Å². The van der Waals surface area contributed by atoms with Gasteiger partial charge in [0, 0.05) is 17.0 Å². The third-order valence-electron chi connectivity index (χ3n) is 5.88. The summed E-state index contributed by atoms with van der Waals surface area (Å²) >= 11 is 0. The van der Waals surface area contributed by atoms with Crippen LogP contribution in [0.3, 0.4) is 0 Å². The van der Waals surface area contributed by atoms with E-state index in [4.69, 9.17) is 5.11 Å². The molecule has 0 radical (unpaired) electrons. The van der Waals surface area contributed by atoms with E-state index in [1.165, 1.54) is 12.1 Å². The minimum Gasteiger partial charge on any atom is -0.508 e. The van der Waals surface area contributed by atoms with Crippen molar-refractivity contribution in [2.75, 3.05) is 0 Å². The van der Waals surface area contributed by atoms with Crippen molar-refractivity contribution in [1.82, 2.24) is 0 Å². The maximum absolute atomic E-state index is 14.5. The molecule has 0 amide bonds. The summed E-state index contributed by atoms with van der Waals surface area (Å²) in [4.78, 5) is 11.2. The fourth-order valence-corrected chi connectivity index (χ4v) is 4.56. The molecular formula is C20H21F3O4. The van der Waals surface area contributed by atoms with Gasteiger partial charge < -0.3 is 15.3 Å². The Morgan fingerprint density at radius 1 is 1.04 bits per heavy atom. The lowest BCUT2D eigenvalue weighted by molar-refractivity contribution is -0.216. The van der Waals surface area contributed by atoms with Gasteiger partial charge in [-0.05, 0) is 18.9 Å². The monoisotopic (exact) mass is 382 g/mol. The third kappa shape index (κ3) is 2.99. The second-order valence-electron chi connectivity index (χ2n) is 7.29. The average Bonchev–Trinajstić information content (AvgIpc) is 2.61. The van der Waals surface area contributed by atoms with Crippen LogP contribution in [0.5, 0.6) is 11.5 Å². The number of aromatic hydroxyl groups is 2. The lowest BCUT2D eigenvalue weighted by Gasteiger charge is -2.52. The first-order valence-corrected chi connectivity index (χ1v) is 8.84. The topological polar surface area (TPSA) is 77.8 Å². The summed E-state index contributed by atoms with van der Waals surface area (Å²) in [6, 6.07) is 3.66. The zero-order valence-corrected chi connectivity index (χ0v) is 14.5. The molecule has 4 nitrogen and oxygen atoms in total. The van der Waals surface area contributed by atoms with Crippen molar-refractivity contribution in [3.05, 3.63) is 48.1 Å². The number of carboxylic acids is 1. The van der Waals surface area contributed by atoms with E-state index >= 15 is 0 Å². The first kappa shape index (κ1) is 19.3. The van der Waals surface area contributed by atoms with Gasteiger partial charge in [-0.2, -0.15) is 13.2 Å². The van der Waals surface area contributed by atoms with Gasteiger partial charge in [0.1, 0.15) is 16.9 Å². The van der Waals surface area contributed by atoms with Crippen molar-refractivity contribution in [3.63, 3.8) is 0 Å². The van der Waals surface area contributed by atoms with Crippen LogP contribution < -0.4 is 0 Å². The third-order valence-corrected chi connectivity index (χ3v) is 5.88. The van der Waals surface area contributed by atoms with Crippen LogP contribution in [0, 0.1) is 11.3 Å². The minimum absolute atomic E-state index is 0.125. The van der Waals surface area contributed by atoms with Crippen molar-refractivity contribution in [1.29, 1.82) is 0 Å². The van der Waals surface area contributed by atoms with Crippen LogP contribution in [-0.4, -0.2) is 27.5 Å². The number of phenolic OH excluding ortho intramolecular Hbond substituents is 2. The molecule has 1 saturated carbocycles. The number of rotatable bonds is 3. The standard InChI is InChI=1S/C20H21F3O4/c21-20(22,23)19(10-6-13(7-11-19)17(26)27)18(8-2-1-3-9-18)15-5-4-14(24)12-16(15)25/h4-7,10-13,24-25H,1-3,8-9H2,(H,26,27)/t13-,19-. The molecule has 0 spiro atoms. The summed E-state index contributed by atoms with van der Waals surface area (Å²) in [5.41, 5.74) is -3.78. The van der Waals surface area contributed by atoms with E-state index in [1.807, 2.05) is 0 Å². The highest BCUT2D eigenvalue weighted by Crippen LogP contribution is 2.62. The summed E-state index contributed by atoms with van der Waals surface area (Å²) in [6.45, 7) is 0. The highest BCUT2D eigenvalue weighted by molar-refractivity contribution is 5.75. The molecule has 7 heteroatoms. The number of halogens is 3. The minimum atomic E-state index is -4.69. The first-order chi connectivity index (χ1) is 12.6. The van der Waals surface area contributed by atoms with Crippen LogP contribution in [0.2, 0.25) is 0 Å². The van der Waals surface area contributed by atoms with E-state index in [-0.39, 0.29) is 29.9 Å². The van der Waals surface area contributed by atoms with Gasteiger partial charge >= 0.3 is 12.1 Å². The van der Waals surface area contributed by atoms with E-state index in [0.717, 1.165) is 36.8 Å². The number of hydrogen-bond donors (Lipinski definition) is 3. The molecule has 1 aromatic carbocycles. The first-order valence-electron chi connectivity index (χ1n) is 8.84. The Bertz CT molecular complexity index is 775. The number of phenols is 2. The molecule has 146 valence electrons. The molecule has 2 aliphatic rings. The van der Waals surface area contributed by atoms with Gasteiger partial charge in [0.25, 0.3) is 0 Å². The van der Waals surface area contributed by atoms with Crippen molar-refractivity contribution in [2.45, 2.75) is 43.7 Å². The zero-order valence-electron chi connectivity index (χ0n) is 14.5. The predicted molar refractivity (Wildman–Crippen MR) is 92.4 cm³/mol. The predicted octanol–water partition coefficient (Wildman–Crippen LogP) is 4.68. The molecule has 1 fully saturated rings. The number of hydrogen-bond acceptors (Lipinski definition) is 3. The number of benzene rings is 1. The van der Waals surface area contributed by atoms with Gasteiger partial charge in [0.05, 0.1) is 5.92 Å². The van der Waals surface area contributed by atoms with E-state index < -0.39 is 28.9 Å². The maximum Gasteiger partial charge on any atom is 0.402 e. The normalized spacial score (nSPS) is 27.4. The van der Waals surface area contributed by atoms with Crippen LogP contribution >= 0.6 is 0 Å². The number of aliphatic carboxylic acids is 1. The fraction of sp³-hybridized carbons (Fsp3) is 0.450. The number of carbonyl (C=O) groups is 1. The van der Waals surface area contributed by atoms with Crippen LogP contribution in [0.15, 0.2) is 42.5 Å².